The van der Waals surface area contributed by atoms with Gasteiger partial charge in [-0.15, -0.1) is 0 Å². The average molecular weight is 264 g/mol. The number of rotatable bonds is 9. The Labute approximate surface area is 105 Å². The molecule has 17 heavy (non-hydrogen) atoms. The van der Waals surface area contributed by atoms with E-state index in [1.807, 2.05) is 0 Å². The highest BCUT2D eigenvalue weighted by Gasteiger charge is 2.38. The minimum absolute atomic E-state index is 0.0260. The molecule has 0 bridgehead atoms. The molecule has 102 valence electrons. The number of hydrogen-bond donors (Lipinski definition) is 1. The van der Waals surface area contributed by atoms with Gasteiger partial charge >= 0.3 is 0 Å². The summed E-state index contributed by atoms with van der Waals surface area (Å²) in [5.74, 6) is 0. The van der Waals surface area contributed by atoms with Gasteiger partial charge in [0.25, 0.3) is 10.2 Å². The molecule has 0 saturated heterocycles. The maximum atomic E-state index is 12.3. The number of aliphatic hydroxyl groups is 1. The van der Waals surface area contributed by atoms with Crippen molar-refractivity contribution in [2.75, 3.05) is 26.7 Å². The molecule has 0 aromatic carbocycles. The summed E-state index contributed by atoms with van der Waals surface area (Å²) in [6, 6.07) is 0.211. The molecule has 1 N–H and O–H groups in total. The lowest BCUT2D eigenvalue weighted by Gasteiger charge is -2.27. The molecule has 0 aromatic rings. The first kappa shape index (κ1) is 14.9. The minimum Gasteiger partial charge on any atom is -0.396 e. The lowest BCUT2D eigenvalue weighted by Crippen LogP contribution is -2.44. The summed E-state index contributed by atoms with van der Waals surface area (Å²) < 4.78 is 27.6. The van der Waals surface area contributed by atoms with E-state index in [4.69, 9.17) is 5.11 Å². The van der Waals surface area contributed by atoms with E-state index in [1.165, 1.54) is 4.31 Å². The van der Waals surface area contributed by atoms with Gasteiger partial charge in [0.1, 0.15) is 0 Å². The van der Waals surface area contributed by atoms with Crippen LogP contribution in [-0.4, -0.2) is 54.9 Å². The summed E-state index contributed by atoms with van der Waals surface area (Å²) in [6.45, 7) is 3.09. The first-order valence-corrected chi connectivity index (χ1v) is 7.77. The maximum Gasteiger partial charge on any atom is 0.281 e. The number of nitrogens with zero attached hydrogens (tertiary/aromatic N) is 2. The van der Waals surface area contributed by atoms with E-state index in [1.54, 1.807) is 11.4 Å². The van der Waals surface area contributed by atoms with Crippen LogP contribution >= 0.6 is 0 Å². The molecular weight excluding hydrogens is 240 g/mol. The molecule has 0 aliphatic heterocycles. The van der Waals surface area contributed by atoms with Crippen molar-refractivity contribution < 1.29 is 13.5 Å². The Morgan fingerprint density at radius 3 is 2.35 bits per heavy atom. The highest BCUT2D eigenvalue weighted by atomic mass is 32.2. The van der Waals surface area contributed by atoms with Crippen LogP contribution in [0.15, 0.2) is 0 Å². The number of hydrogen-bond acceptors (Lipinski definition) is 3. The molecule has 0 amide bonds. The number of aliphatic hydroxyl groups excluding tert-OH is 1. The summed E-state index contributed by atoms with van der Waals surface area (Å²) in [6.07, 6.45) is 4.36. The fourth-order valence-corrected chi connectivity index (χ4v) is 3.42. The molecule has 1 saturated carbocycles. The summed E-state index contributed by atoms with van der Waals surface area (Å²) in [4.78, 5) is 0. The molecule has 0 spiro atoms. The predicted molar refractivity (Wildman–Crippen MR) is 67.9 cm³/mol. The second kappa shape index (κ2) is 6.68. The molecule has 0 unspecified atom stereocenters. The summed E-state index contributed by atoms with van der Waals surface area (Å²) >= 11 is 0. The van der Waals surface area contributed by atoms with Crippen LogP contribution in [0, 0.1) is 0 Å². The van der Waals surface area contributed by atoms with Gasteiger partial charge in [-0.05, 0) is 25.7 Å². The van der Waals surface area contributed by atoms with Crippen LogP contribution < -0.4 is 0 Å². The Kier molecular flexibility index (Phi) is 5.85. The molecule has 1 rings (SSSR count). The maximum absolute atomic E-state index is 12.3. The van der Waals surface area contributed by atoms with Gasteiger partial charge in [0.2, 0.25) is 0 Å². The molecule has 5 nitrogen and oxygen atoms in total. The lowest BCUT2D eigenvalue weighted by atomic mass is 10.3. The number of unbranched alkanes of at least 4 members (excludes halogenated alkanes) is 1. The molecular formula is C11H24N2O3S. The predicted octanol–water partition coefficient (Wildman–Crippen LogP) is 0.810. The van der Waals surface area contributed by atoms with Crippen LogP contribution in [0.2, 0.25) is 0 Å². The van der Waals surface area contributed by atoms with Crippen LogP contribution in [0.1, 0.15) is 39.0 Å². The fraction of sp³-hybridized carbons (Fsp3) is 1.00. The van der Waals surface area contributed by atoms with E-state index in [0.717, 1.165) is 25.7 Å². The zero-order valence-electron chi connectivity index (χ0n) is 10.8. The van der Waals surface area contributed by atoms with Crippen molar-refractivity contribution in [1.82, 2.24) is 8.61 Å². The zero-order chi connectivity index (χ0) is 12.9. The lowest BCUT2D eigenvalue weighted by molar-refractivity contribution is 0.270. The third-order valence-corrected chi connectivity index (χ3v) is 5.05. The Hall–Kier alpha value is -0.170. The van der Waals surface area contributed by atoms with Crippen molar-refractivity contribution >= 4 is 10.2 Å². The van der Waals surface area contributed by atoms with E-state index in [9.17, 15) is 8.42 Å². The van der Waals surface area contributed by atoms with Gasteiger partial charge in [-0.3, -0.25) is 0 Å². The summed E-state index contributed by atoms with van der Waals surface area (Å²) in [5.41, 5.74) is 0. The van der Waals surface area contributed by atoms with Gasteiger partial charge in [-0.25, -0.2) is 0 Å². The summed E-state index contributed by atoms with van der Waals surface area (Å²) in [5, 5.41) is 8.75. The summed E-state index contributed by atoms with van der Waals surface area (Å²) in [7, 11) is -1.74. The minimum atomic E-state index is -3.33. The first-order valence-electron chi connectivity index (χ1n) is 6.38. The van der Waals surface area contributed by atoms with Crippen molar-refractivity contribution in [3.63, 3.8) is 0 Å². The molecule has 1 aliphatic rings. The Morgan fingerprint density at radius 2 is 1.88 bits per heavy atom. The van der Waals surface area contributed by atoms with E-state index < -0.39 is 10.2 Å². The van der Waals surface area contributed by atoms with Crippen LogP contribution in [0.25, 0.3) is 0 Å². The van der Waals surface area contributed by atoms with Crippen molar-refractivity contribution in [2.24, 2.45) is 0 Å². The second-order valence-electron chi connectivity index (χ2n) is 4.60. The smallest absolute Gasteiger partial charge is 0.281 e. The van der Waals surface area contributed by atoms with E-state index >= 15 is 0 Å². The molecule has 1 aliphatic carbocycles. The normalized spacial score (nSPS) is 17.0. The SMILES string of the molecule is CCCCN(C1CC1)S(=O)(=O)N(C)CCCO. The van der Waals surface area contributed by atoms with Gasteiger partial charge in [0, 0.05) is 32.8 Å². The molecule has 0 aromatic heterocycles. The van der Waals surface area contributed by atoms with Crippen molar-refractivity contribution in [3.8, 4) is 0 Å². The van der Waals surface area contributed by atoms with Gasteiger partial charge in [-0.1, -0.05) is 13.3 Å². The molecule has 0 atom stereocenters. The third kappa shape index (κ3) is 4.21. The highest BCUT2D eigenvalue weighted by Crippen LogP contribution is 2.30. The van der Waals surface area contributed by atoms with Crippen LogP contribution in [-0.2, 0) is 10.2 Å². The quantitative estimate of drug-likeness (QED) is 0.670. The van der Waals surface area contributed by atoms with Gasteiger partial charge < -0.3 is 5.11 Å². The molecule has 0 heterocycles. The third-order valence-electron chi connectivity index (χ3n) is 3.01. The van der Waals surface area contributed by atoms with E-state index in [2.05, 4.69) is 6.92 Å². The highest BCUT2D eigenvalue weighted by molar-refractivity contribution is 7.86. The van der Waals surface area contributed by atoms with E-state index in [0.29, 0.717) is 19.5 Å². The van der Waals surface area contributed by atoms with Crippen LogP contribution in [0.5, 0.6) is 0 Å². The molecule has 6 heteroatoms. The molecule has 0 radical (unpaired) electrons. The largest absolute Gasteiger partial charge is 0.396 e. The van der Waals surface area contributed by atoms with E-state index in [-0.39, 0.29) is 12.6 Å². The van der Waals surface area contributed by atoms with Gasteiger partial charge in [-0.2, -0.15) is 17.0 Å². The van der Waals surface area contributed by atoms with Crippen molar-refractivity contribution in [1.29, 1.82) is 0 Å². The zero-order valence-corrected chi connectivity index (χ0v) is 11.6. The van der Waals surface area contributed by atoms with Crippen molar-refractivity contribution in [3.05, 3.63) is 0 Å². The van der Waals surface area contributed by atoms with Crippen LogP contribution in [0.4, 0.5) is 0 Å². The Morgan fingerprint density at radius 1 is 1.24 bits per heavy atom. The molecule has 1 fully saturated rings. The van der Waals surface area contributed by atoms with Crippen molar-refractivity contribution in [2.45, 2.75) is 45.1 Å². The van der Waals surface area contributed by atoms with Crippen LogP contribution in [0.3, 0.4) is 0 Å². The monoisotopic (exact) mass is 264 g/mol. The first-order chi connectivity index (χ1) is 8.04. The second-order valence-corrected chi connectivity index (χ2v) is 6.59. The standard InChI is InChI=1S/C11H24N2O3S/c1-3-4-9-13(11-6-7-11)17(15,16)12(2)8-5-10-14/h11,14H,3-10H2,1-2H3. The fourth-order valence-electron chi connectivity index (χ4n) is 1.75. The Balaban J connectivity index is 2.62. The van der Waals surface area contributed by atoms with Gasteiger partial charge in [0.15, 0.2) is 0 Å². The van der Waals surface area contributed by atoms with Gasteiger partial charge in [0.05, 0.1) is 0 Å². The average Bonchev–Trinajstić information content (AvgIpc) is 3.10. The Bertz CT molecular complexity index is 315. The topological polar surface area (TPSA) is 60.9 Å².